The molecule has 1 heterocycles. The molecular weight excluding hydrogens is 374 g/mol. The molecule has 1 aliphatic rings. The summed E-state index contributed by atoms with van der Waals surface area (Å²) in [6, 6.07) is 19.8. The van der Waals surface area contributed by atoms with Crippen LogP contribution in [-0.4, -0.2) is 11.9 Å². The summed E-state index contributed by atoms with van der Waals surface area (Å²) in [6.07, 6.45) is 0. The molecule has 1 aliphatic heterocycles. The summed E-state index contributed by atoms with van der Waals surface area (Å²) in [4.78, 5) is 25.3. The Balaban J connectivity index is 1.79. The predicted octanol–water partition coefficient (Wildman–Crippen LogP) is 4.76. The summed E-state index contributed by atoms with van der Waals surface area (Å²) in [5, 5.41) is 10.9. The van der Waals surface area contributed by atoms with Gasteiger partial charge in [0.25, 0.3) is 5.91 Å². The van der Waals surface area contributed by atoms with E-state index in [-0.39, 0.29) is 11.9 Å². The highest BCUT2D eigenvalue weighted by atomic mass is 35.5. The molecule has 0 saturated carbocycles. The number of nitrogens with one attached hydrogen (secondary N) is 3. The van der Waals surface area contributed by atoms with E-state index in [4.69, 9.17) is 11.6 Å². The lowest BCUT2D eigenvalue weighted by atomic mass is 9.91. The van der Waals surface area contributed by atoms with Crippen LogP contribution in [0.15, 0.2) is 78.0 Å². The fourth-order valence-electron chi connectivity index (χ4n) is 3.48. The third-order valence-corrected chi connectivity index (χ3v) is 5.10. The van der Waals surface area contributed by atoms with Gasteiger partial charge in [-0.15, -0.1) is 0 Å². The average Bonchev–Trinajstić information content (AvgIpc) is 2.68. The molecule has 3 N–H and O–H groups in total. The number of carbonyl (C=O) groups excluding carboxylic acids is 2. The number of rotatable bonds is 3. The smallest absolute Gasteiger partial charge is 0.319 e. The van der Waals surface area contributed by atoms with Crippen LogP contribution in [0, 0.1) is 0 Å². The molecule has 3 amide bonds. The van der Waals surface area contributed by atoms with Crippen LogP contribution < -0.4 is 16.0 Å². The van der Waals surface area contributed by atoms with E-state index in [1.807, 2.05) is 42.5 Å². The van der Waals surface area contributed by atoms with Gasteiger partial charge in [-0.1, -0.05) is 66.2 Å². The van der Waals surface area contributed by atoms with Crippen molar-refractivity contribution in [2.45, 2.75) is 13.0 Å². The van der Waals surface area contributed by atoms with Crippen LogP contribution in [0.4, 0.5) is 10.5 Å². The van der Waals surface area contributed by atoms with Crippen molar-refractivity contribution in [3.63, 3.8) is 0 Å². The van der Waals surface area contributed by atoms with Gasteiger partial charge >= 0.3 is 6.03 Å². The lowest BCUT2D eigenvalue weighted by Gasteiger charge is -2.29. The van der Waals surface area contributed by atoms with E-state index < -0.39 is 6.04 Å². The predicted molar refractivity (Wildman–Crippen MR) is 111 cm³/mol. The number of urea groups is 1. The Morgan fingerprint density at radius 3 is 2.54 bits per heavy atom. The van der Waals surface area contributed by atoms with E-state index in [1.54, 1.807) is 31.2 Å². The molecule has 6 heteroatoms. The Bertz CT molecular complexity index is 1120. The van der Waals surface area contributed by atoms with Gasteiger partial charge in [0.05, 0.1) is 22.3 Å². The van der Waals surface area contributed by atoms with Crippen LogP contribution in [-0.2, 0) is 4.79 Å². The third-order valence-electron chi connectivity index (χ3n) is 4.77. The van der Waals surface area contributed by atoms with Crippen LogP contribution in [0.1, 0.15) is 18.5 Å². The lowest BCUT2D eigenvalue weighted by Crippen LogP contribution is -2.46. The maximum absolute atomic E-state index is 13.1. The quantitative estimate of drug-likeness (QED) is 0.602. The van der Waals surface area contributed by atoms with Crippen molar-refractivity contribution in [1.82, 2.24) is 10.6 Å². The molecule has 0 spiro atoms. The second kappa shape index (κ2) is 7.37. The summed E-state index contributed by atoms with van der Waals surface area (Å²) in [7, 11) is 0. The fraction of sp³-hybridized carbons (Fsp3) is 0.0909. The highest BCUT2D eigenvalue weighted by molar-refractivity contribution is 6.34. The standard InChI is InChI=1S/C22H18ClN3O2/c1-13-19(21(27)25-18-12-5-4-11-17(18)23)20(26-22(28)24-13)16-10-6-8-14-7-2-3-9-15(14)16/h2-12,20H,1H3,(H,25,27)(H2,24,26,28)/t20-/m1/s1. The van der Waals surface area contributed by atoms with E-state index in [1.165, 1.54) is 0 Å². The van der Waals surface area contributed by atoms with E-state index in [2.05, 4.69) is 16.0 Å². The Labute approximate surface area is 167 Å². The molecule has 0 fully saturated rings. The van der Waals surface area contributed by atoms with Crippen molar-refractivity contribution in [2.24, 2.45) is 0 Å². The summed E-state index contributed by atoms with van der Waals surface area (Å²) >= 11 is 6.18. The van der Waals surface area contributed by atoms with E-state index in [9.17, 15) is 9.59 Å². The second-order valence-corrected chi connectivity index (χ2v) is 6.98. The van der Waals surface area contributed by atoms with E-state index >= 15 is 0 Å². The minimum atomic E-state index is -0.581. The number of allylic oxidation sites excluding steroid dienone is 1. The highest BCUT2D eigenvalue weighted by Crippen LogP contribution is 2.33. The van der Waals surface area contributed by atoms with Crippen molar-refractivity contribution in [3.05, 3.63) is 88.6 Å². The normalized spacial score (nSPS) is 16.5. The zero-order valence-corrected chi connectivity index (χ0v) is 15.9. The van der Waals surface area contributed by atoms with Crippen LogP contribution in [0.25, 0.3) is 10.8 Å². The second-order valence-electron chi connectivity index (χ2n) is 6.57. The van der Waals surface area contributed by atoms with Gasteiger partial charge in [0, 0.05) is 5.70 Å². The Kier molecular flexibility index (Phi) is 4.75. The van der Waals surface area contributed by atoms with E-state index in [0.29, 0.717) is 22.0 Å². The molecule has 0 aromatic heterocycles. The molecule has 0 radical (unpaired) electrons. The number of hydrogen-bond donors (Lipinski definition) is 3. The first-order valence-corrected chi connectivity index (χ1v) is 9.24. The van der Waals surface area contributed by atoms with Crippen LogP contribution in [0.5, 0.6) is 0 Å². The van der Waals surface area contributed by atoms with Gasteiger partial charge in [0.15, 0.2) is 0 Å². The minimum absolute atomic E-state index is 0.323. The molecule has 0 aliphatic carbocycles. The van der Waals surface area contributed by atoms with Crippen LogP contribution >= 0.6 is 11.6 Å². The number of amides is 3. The Hall–Kier alpha value is -3.31. The first kappa shape index (κ1) is 18.1. The van der Waals surface area contributed by atoms with Crippen molar-refractivity contribution in [1.29, 1.82) is 0 Å². The van der Waals surface area contributed by atoms with Crippen molar-refractivity contribution in [3.8, 4) is 0 Å². The largest absolute Gasteiger partial charge is 0.327 e. The molecule has 3 aromatic carbocycles. The maximum atomic E-state index is 13.1. The average molecular weight is 392 g/mol. The number of anilines is 1. The molecule has 5 nitrogen and oxygen atoms in total. The summed E-state index contributed by atoms with van der Waals surface area (Å²) in [6.45, 7) is 1.72. The number of hydrogen-bond acceptors (Lipinski definition) is 2. The molecule has 4 rings (SSSR count). The summed E-state index contributed by atoms with van der Waals surface area (Å²) in [5.41, 5.74) is 2.32. The number of carbonyl (C=O) groups is 2. The van der Waals surface area contributed by atoms with Gasteiger partial charge in [0.1, 0.15) is 0 Å². The number of benzene rings is 3. The zero-order chi connectivity index (χ0) is 19.7. The minimum Gasteiger partial charge on any atom is -0.327 e. The van der Waals surface area contributed by atoms with Gasteiger partial charge in [-0.3, -0.25) is 4.79 Å². The fourth-order valence-corrected chi connectivity index (χ4v) is 3.67. The van der Waals surface area contributed by atoms with Gasteiger partial charge in [0.2, 0.25) is 0 Å². The molecule has 28 heavy (non-hydrogen) atoms. The molecule has 0 saturated heterocycles. The Morgan fingerprint density at radius 1 is 1.00 bits per heavy atom. The highest BCUT2D eigenvalue weighted by Gasteiger charge is 2.32. The van der Waals surface area contributed by atoms with Crippen molar-refractivity contribution >= 4 is 40.0 Å². The monoisotopic (exact) mass is 391 g/mol. The zero-order valence-electron chi connectivity index (χ0n) is 15.1. The molecule has 1 atom stereocenters. The lowest BCUT2D eigenvalue weighted by molar-refractivity contribution is -0.113. The van der Waals surface area contributed by atoms with Gasteiger partial charge in [-0.2, -0.15) is 0 Å². The van der Waals surface area contributed by atoms with Crippen molar-refractivity contribution in [2.75, 3.05) is 5.32 Å². The first-order chi connectivity index (χ1) is 13.5. The van der Waals surface area contributed by atoms with Crippen LogP contribution in [0.2, 0.25) is 5.02 Å². The molecule has 3 aromatic rings. The summed E-state index contributed by atoms with van der Waals surface area (Å²) in [5.74, 6) is -0.323. The number of para-hydroxylation sites is 1. The molecule has 0 bridgehead atoms. The molecular formula is C22H18ClN3O2. The summed E-state index contributed by atoms with van der Waals surface area (Å²) < 4.78 is 0. The maximum Gasteiger partial charge on any atom is 0.319 e. The van der Waals surface area contributed by atoms with Gasteiger partial charge in [-0.05, 0) is 35.4 Å². The number of halogens is 1. The topological polar surface area (TPSA) is 70.2 Å². The van der Waals surface area contributed by atoms with Crippen LogP contribution in [0.3, 0.4) is 0 Å². The SMILES string of the molecule is CC1=C(C(=O)Nc2ccccc2Cl)[C@@H](c2cccc3ccccc23)NC(=O)N1. The molecule has 0 unspecified atom stereocenters. The van der Waals surface area contributed by atoms with Gasteiger partial charge in [-0.25, -0.2) is 4.79 Å². The number of fused-ring (bicyclic) bond motifs is 1. The van der Waals surface area contributed by atoms with Gasteiger partial charge < -0.3 is 16.0 Å². The van der Waals surface area contributed by atoms with Crippen molar-refractivity contribution < 1.29 is 9.59 Å². The first-order valence-electron chi connectivity index (χ1n) is 8.86. The third kappa shape index (κ3) is 3.32. The molecule has 140 valence electrons. The Morgan fingerprint density at radius 2 is 1.71 bits per heavy atom. The van der Waals surface area contributed by atoms with E-state index in [0.717, 1.165) is 16.3 Å².